The second-order valence-electron chi connectivity index (χ2n) is 6.36. The summed E-state index contributed by atoms with van der Waals surface area (Å²) in [4.78, 5) is 2.42. The Balaban J connectivity index is 1.74. The van der Waals surface area contributed by atoms with E-state index in [2.05, 4.69) is 62.1 Å². The SMILES string of the molecule is CN1CCC(c2nn(-c3cccc(Br)c3)c3c2CCN3)CC1. The lowest BCUT2D eigenvalue weighted by molar-refractivity contribution is 0.252. The summed E-state index contributed by atoms with van der Waals surface area (Å²) in [7, 11) is 2.21. The maximum Gasteiger partial charge on any atom is 0.133 e. The Morgan fingerprint density at radius 1 is 1.27 bits per heavy atom. The molecular formula is C17H21BrN4. The van der Waals surface area contributed by atoms with Crippen molar-refractivity contribution in [1.82, 2.24) is 14.7 Å². The van der Waals surface area contributed by atoms with Crippen molar-refractivity contribution in [2.24, 2.45) is 0 Å². The minimum Gasteiger partial charge on any atom is -0.369 e. The lowest BCUT2D eigenvalue weighted by atomic mass is 9.91. The van der Waals surface area contributed by atoms with Crippen LogP contribution in [0.15, 0.2) is 28.7 Å². The Morgan fingerprint density at radius 3 is 2.86 bits per heavy atom. The van der Waals surface area contributed by atoms with E-state index in [4.69, 9.17) is 5.10 Å². The molecule has 0 bridgehead atoms. The summed E-state index contributed by atoms with van der Waals surface area (Å²) in [6.07, 6.45) is 3.54. The molecule has 1 aromatic carbocycles. The van der Waals surface area contributed by atoms with Gasteiger partial charge in [-0.3, -0.25) is 0 Å². The number of likely N-dealkylation sites (tertiary alicyclic amines) is 1. The van der Waals surface area contributed by atoms with E-state index < -0.39 is 0 Å². The average molecular weight is 361 g/mol. The summed E-state index contributed by atoms with van der Waals surface area (Å²) in [6.45, 7) is 3.38. The van der Waals surface area contributed by atoms with Gasteiger partial charge in [0.1, 0.15) is 5.82 Å². The van der Waals surface area contributed by atoms with Gasteiger partial charge in [0.2, 0.25) is 0 Å². The van der Waals surface area contributed by atoms with E-state index in [0.29, 0.717) is 5.92 Å². The van der Waals surface area contributed by atoms with Crippen molar-refractivity contribution >= 4 is 21.7 Å². The largest absolute Gasteiger partial charge is 0.369 e. The number of aromatic nitrogens is 2. The minimum absolute atomic E-state index is 0.609. The van der Waals surface area contributed by atoms with Gasteiger partial charge in [-0.15, -0.1) is 0 Å². The number of rotatable bonds is 2. The first-order chi connectivity index (χ1) is 10.7. The molecule has 22 heavy (non-hydrogen) atoms. The molecule has 0 unspecified atom stereocenters. The summed E-state index contributed by atoms with van der Waals surface area (Å²) in [5.41, 5.74) is 3.89. The second kappa shape index (κ2) is 5.70. The summed E-state index contributed by atoms with van der Waals surface area (Å²) in [5, 5.41) is 8.54. The molecule has 0 amide bonds. The highest BCUT2D eigenvalue weighted by Gasteiger charge is 2.29. The van der Waals surface area contributed by atoms with Crippen molar-refractivity contribution in [2.75, 3.05) is 32.0 Å². The predicted molar refractivity (Wildman–Crippen MR) is 92.9 cm³/mol. The molecule has 0 atom stereocenters. The van der Waals surface area contributed by atoms with Gasteiger partial charge < -0.3 is 10.2 Å². The molecule has 1 fully saturated rings. The summed E-state index contributed by atoms with van der Waals surface area (Å²) in [6, 6.07) is 8.37. The standard InChI is InChI=1S/C17H21BrN4/c1-21-9-6-12(7-10-21)16-15-5-8-19-17(15)22(20-16)14-4-2-3-13(18)11-14/h2-4,11-12,19H,5-10H2,1H3. The van der Waals surface area contributed by atoms with Crippen molar-refractivity contribution in [3.63, 3.8) is 0 Å². The zero-order valence-electron chi connectivity index (χ0n) is 12.8. The zero-order chi connectivity index (χ0) is 15.1. The minimum atomic E-state index is 0.609. The number of benzene rings is 1. The number of anilines is 1. The molecule has 4 nitrogen and oxygen atoms in total. The highest BCUT2D eigenvalue weighted by molar-refractivity contribution is 9.10. The van der Waals surface area contributed by atoms with E-state index in [9.17, 15) is 0 Å². The van der Waals surface area contributed by atoms with Crippen molar-refractivity contribution in [3.05, 3.63) is 40.0 Å². The molecule has 1 N–H and O–H groups in total. The highest BCUT2D eigenvalue weighted by atomic mass is 79.9. The van der Waals surface area contributed by atoms with Crippen molar-refractivity contribution in [3.8, 4) is 5.69 Å². The van der Waals surface area contributed by atoms with Crippen LogP contribution in [0, 0.1) is 0 Å². The van der Waals surface area contributed by atoms with Crippen LogP contribution in [0.5, 0.6) is 0 Å². The maximum atomic E-state index is 5.01. The number of hydrogen-bond acceptors (Lipinski definition) is 3. The number of fused-ring (bicyclic) bond motifs is 1. The van der Waals surface area contributed by atoms with Crippen LogP contribution in [0.2, 0.25) is 0 Å². The van der Waals surface area contributed by atoms with Crippen molar-refractivity contribution in [1.29, 1.82) is 0 Å². The Morgan fingerprint density at radius 2 is 2.09 bits per heavy atom. The maximum absolute atomic E-state index is 5.01. The molecular weight excluding hydrogens is 340 g/mol. The Hall–Kier alpha value is -1.33. The van der Waals surface area contributed by atoms with E-state index in [1.807, 2.05) is 0 Å². The first-order valence-electron chi connectivity index (χ1n) is 8.02. The Labute approximate surface area is 139 Å². The third kappa shape index (κ3) is 2.46. The van der Waals surface area contributed by atoms with Crippen LogP contribution in [0.4, 0.5) is 5.82 Å². The van der Waals surface area contributed by atoms with Crippen LogP contribution >= 0.6 is 15.9 Å². The normalized spacial score (nSPS) is 19.2. The Kier molecular flexibility index (Phi) is 3.70. The van der Waals surface area contributed by atoms with Gasteiger partial charge in [-0.2, -0.15) is 5.10 Å². The fourth-order valence-electron chi connectivity index (χ4n) is 3.61. The van der Waals surface area contributed by atoms with E-state index in [1.54, 1.807) is 0 Å². The number of piperidine rings is 1. The third-order valence-corrected chi connectivity index (χ3v) is 5.33. The van der Waals surface area contributed by atoms with Crippen LogP contribution in [0.1, 0.15) is 30.0 Å². The monoisotopic (exact) mass is 360 g/mol. The van der Waals surface area contributed by atoms with Gasteiger partial charge in [-0.25, -0.2) is 4.68 Å². The molecule has 0 saturated carbocycles. The molecule has 4 rings (SSSR count). The first kappa shape index (κ1) is 14.3. The molecule has 0 spiro atoms. The molecule has 3 heterocycles. The van der Waals surface area contributed by atoms with Crippen LogP contribution in [0.3, 0.4) is 0 Å². The molecule has 0 aliphatic carbocycles. The molecule has 2 aromatic rings. The van der Waals surface area contributed by atoms with E-state index in [-0.39, 0.29) is 0 Å². The number of nitrogens with one attached hydrogen (secondary N) is 1. The smallest absolute Gasteiger partial charge is 0.133 e. The first-order valence-corrected chi connectivity index (χ1v) is 8.82. The van der Waals surface area contributed by atoms with Gasteiger partial charge in [-0.05, 0) is 57.6 Å². The van der Waals surface area contributed by atoms with Crippen molar-refractivity contribution < 1.29 is 0 Å². The van der Waals surface area contributed by atoms with Gasteiger partial charge in [0.05, 0.1) is 11.4 Å². The highest BCUT2D eigenvalue weighted by Crippen LogP contribution is 2.36. The third-order valence-electron chi connectivity index (χ3n) is 4.84. The van der Waals surface area contributed by atoms with E-state index in [0.717, 1.165) is 23.1 Å². The quantitative estimate of drug-likeness (QED) is 0.890. The lowest BCUT2D eigenvalue weighted by Crippen LogP contribution is -2.29. The van der Waals surface area contributed by atoms with Crippen LogP contribution in [-0.4, -0.2) is 41.4 Å². The summed E-state index contributed by atoms with van der Waals surface area (Å²) >= 11 is 3.56. The van der Waals surface area contributed by atoms with Gasteiger partial charge in [-0.1, -0.05) is 22.0 Å². The summed E-state index contributed by atoms with van der Waals surface area (Å²) in [5.74, 6) is 1.81. The van der Waals surface area contributed by atoms with Crippen LogP contribution < -0.4 is 5.32 Å². The lowest BCUT2D eigenvalue weighted by Gasteiger charge is -2.28. The zero-order valence-corrected chi connectivity index (χ0v) is 14.4. The van der Waals surface area contributed by atoms with Gasteiger partial charge in [0, 0.05) is 22.5 Å². The Bertz CT molecular complexity index is 686. The molecule has 2 aliphatic heterocycles. The van der Waals surface area contributed by atoms with Gasteiger partial charge >= 0.3 is 0 Å². The molecule has 0 radical (unpaired) electrons. The van der Waals surface area contributed by atoms with Crippen LogP contribution in [0.25, 0.3) is 5.69 Å². The average Bonchev–Trinajstić information content (AvgIpc) is 3.10. The predicted octanol–water partition coefficient (Wildman–Crippen LogP) is 3.41. The molecule has 116 valence electrons. The fourth-order valence-corrected chi connectivity index (χ4v) is 3.99. The molecule has 2 aliphatic rings. The summed E-state index contributed by atoms with van der Waals surface area (Å²) < 4.78 is 3.19. The molecule has 1 saturated heterocycles. The topological polar surface area (TPSA) is 33.1 Å². The van der Waals surface area contributed by atoms with Gasteiger partial charge in [0.15, 0.2) is 0 Å². The number of nitrogens with zero attached hydrogens (tertiary/aromatic N) is 3. The second-order valence-corrected chi connectivity index (χ2v) is 7.27. The number of halogens is 1. The van der Waals surface area contributed by atoms with Gasteiger partial charge in [0.25, 0.3) is 0 Å². The van der Waals surface area contributed by atoms with Crippen molar-refractivity contribution in [2.45, 2.75) is 25.2 Å². The van der Waals surface area contributed by atoms with E-state index in [1.165, 1.54) is 43.0 Å². The number of hydrogen-bond donors (Lipinski definition) is 1. The molecule has 5 heteroatoms. The molecule has 1 aromatic heterocycles. The fraction of sp³-hybridized carbons (Fsp3) is 0.471. The van der Waals surface area contributed by atoms with E-state index >= 15 is 0 Å². The van der Waals surface area contributed by atoms with Crippen LogP contribution in [-0.2, 0) is 6.42 Å².